The summed E-state index contributed by atoms with van der Waals surface area (Å²) in [5, 5.41) is 9.11. The summed E-state index contributed by atoms with van der Waals surface area (Å²) in [5.41, 5.74) is 2.03. The molecule has 0 radical (unpaired) electrons. The number of rotatable bonds is 5. The Balaban J connectivity index is 1.64. The van der Waals surface area contributed by atoms with E-state index in [0.717, 1.165) is 22.1 Å². The van der Waals surface area contributed by atoms with Crippen molar-refractivity contribution in [2.24, 2.45) is 0 Å². The fourth-order valence-corrected chi connectivity index (χ4v) is 4.39. The fourth-order valence-electron chi connectivity index (χ4n) is 3.93. The second kappa shape index (κ2) is 9.40. The van der Waals surface area contributed by atoms with Crippen LogP contribution in [0.15, 0.2) is 96.4 Å². The smallest absolute Gasteiger partial charge is 0.298 e. The van der Waals surface area contributed by atoms with Gasteiger partial charge in [0.2, 0.25) is 0 Å². The van der Waals surface area contributed by atoms with E-state index in [-0.39, 0.29) is 17.1 Å². The number of alkyl halides is 3. The van der Waals surface area contributed by atoms with E-state index in [1.54, 1.807) is 28.6 Å². The van der Waals surface area contributed by atoms with Gasteiger partial charge in [-0.05, 0) is 47.7 Å². The number of nitrogens with zero attached hydrogens (tertiary/aromatic N) is 5. The minimum Gasteiger partial charge on any atom is -0.298 e. The quantitative estimate of drug-likeness (QED) is 0.243. The van der Waals surface area contributed by atoms with Crippen molar-refractivity contribution in [2.75, 3.05) is 6.26 Å². The molecule has 5 aromatic rings. The molecule has 0 amide bonds. The van der Waals surface area contributed by atoms with E-state index >= 15 is 0 Å². The molecule has 0 unspecified atom stereocenters. The average Bonchev–Trinajstić information content (AvgIpc) is 3.56. The lowest BCUT2D eigenvalue weighted by atomic mass is 10.0. The van der Waals surface area contributed by atoms with Gasteiger partial charge in [-0.1, -0.05) is 42.5 Å². The summed E-state index contributed by atoms with van der Waals surface area (Å²) in [7, 11) is 0. The summed E-state index contributed by atoms with van der Waals surface area (Å²) >= 11 is 1.65. The molecule has 0 bridgehead atoms. The maximum absolute atomic E-state index is 13.9. The molecule has 0 spiro atoms. The number of nitriles is 1. The Kier molecular flexibility index (Phi) is 6.12. The lowest BCUT2D eigenvalue weighted by Gasteiger charge is -2.14. The van der Waals surface area contributed by atoms with Crippen molar-refractivity contribution in [3.05, 3.63) is 103 Å². The predicted octanol–water partition coefficient (Wildman–Crippen LogP) is 7.00. The van der Waals surface area contributed by atoms with Crippen LogP contribution in [0.5, 0.6) is 0 Å². The molecule has 0 saturated carbocycles. The lowest BCUT2D eigenvalue weighted by Crippen LogP contribution is -2.08. The van der Waals surface area contributed by atoms with Crippen molar-refractivity contribution in [3.8, 4) is 40.1 Å². The van der Waals surface area contributed by atoms with Crippen molar-refractivity contribution in [1.82, 2.24) is 19.1 Å². The van der Waals surface area contributed by atoms with Crippen LogP contribution in [0, 0.1) is 11.3 Å². The zero-order valence-corrected chi connectivity index (χ0v) is 19.8. The maximum atomic E-state index is 13.9. The normalized spacial score (nSPS) is 11.4. The highest BCUT2D eigenvalue weighted by Gasteiger charge is 2.34. The molecule has 0 fully saturated rings. The molecular weight excluding hydrogens is 483 g/mol. The van der Waals surface area contributed by atoms with E-state index in [0.29, 0.717) is 11.5 Å². The molecule has 36 heavy (non-hydrogen) atoms. The number of thioether (sulfide) groups is 1. The molecule has 0 aliphatic carbocycles. The van der Waals surface area contributed by atoms with E-state index in [9.17, 15) is 13.2 Å². The van der Waals surface area contributed by atoms with E-state index < -0.39 is 11.7 Å². The fraction of sp³-hybridized carbons (Fsp3) is 0.0741. The molecule has 178 valence electrons. The van der Waals surface area contributed by atoms with E-state index in [2.05, 4.69) is 16.0 Å². The highest BCUT2D eigenvalue weighted by molar-refractivity contribution is 7.98. The molecule has 5 rings (SSSR count). The number of hydrogen-bond donors (Lipinski definition) is 0. The zero-order chi connectivity index (χ0) is 25.3. The summed E-state index contributed by atoms with van der Waals surface area (Å²) in [5.74, 6) is 0.468. The first-order chi connectivity index (χ1) is 17.4. The van der Waals surface area contributed by atoms with Crippen molar-refractivity contribution < 1.29 is 13.2 Å². The predicted molar refractivity (Wildman–Crippen MR) is 133 cm³/mol. The summed E-state index contributed by atoms with van der Waals surface area (Å²) in [6.45, 7) is 0. The standard InChI is InChI=1S/C27H18F3N5S/c1-36-22-6-4-5-19(13-22)18-9-11-21(12-10-18)35-16-25(34-15-20(14-31)32-17-34)33-26(35)23-7-2-3-8-24(23)27(28,29)30/h2-13,15-17H,1H3. The van der Waals surface area contributed by atoms with Crippen molar-refractivity contribution in [2.45, 2.75) is 11.1 Å². The summed E-state index contributed by atoms with van der Waals surface area (Å²) in [4.78, 5) is 9.65. The van der Waals surface area contributed by atoms with Crippen molar-refractivity contribution in [1.29, 1.82) is 5.26 Å². The third-order valence-corrected chi connectivity index (χ3v) is 6.40. The summed E-state index contributed by atoms with van der Waals surface area (Å²) in [6, 6.07) is 23.0. The van der Waals surface area contributed by atoms with Gasteiger partial charge in [0.15, 0.2) is 11.5 Å². The Hall–Kier alpha value is -4.29. The van der Waals surface area contributed by atoms with E-state index in [1.165, 1.54) is 29.2 Å². The zero-order valence-electron chi connectivity index (χ0n) is 18.9. The number of aromatic nitrogens is 4. The van der Waals surface area contributed by atoms with Crippen LogP contribution < -0.4 is 0 Å². The Morgan fingerprint density at radius 1 is 0.917 bits per heavy atom. The van der Waals surface area contributed by atoms with Crippen LogP contribution >= 0.6 is 11.8 Å². The SMILES string of the molecule is CSc1cccc(-c2ccc(-n3cc(-n4cnc(C#N)c4)nc3-c3ccccc3C(F)(F)F)cc2)c1. The minimum atomic E-state index is -4.55. The topological polar surface area (TPSA) is 59.4 Å². The van der Waals surface area contributed by atoms with Gasteiger partial charge in [0, 0.05) is 22.3 Å². The van der Waals surface area contributed by atoms with E-state index in [1.807, 2.05) is 54.8 Å². The van der Waals surface area contributed by atoms with Gasteiger partial charge in [0.25, 0.3) is 0 Å². The first-order valence-electron chi connectivity index (χ1n) is 10.8. The third-order valence-electron chi connectivity index (χ3n) is 5.68. The monoisotopic (exact) mass is 501 g/mol. The summed E-state index contributed by atoms with van der Waals surface area (Å²) in [6.07, 6.45) is 1.98. The van der Waals surface area contributed by atoms with Gasteiger partial charge in [0.05, 0.1) is 11.8 Å². The maximum Gasteiger partial charge on any atom is 0.417 e. The van der Waals surface area contributed by atoms with Crippen molar-refractivity contribution >= 4 is 11.8 Å². The third kappa shape index (κ3) is 4.51. The van der Waals surface area contributed by atoms with Crippen LogP contribution in [0.2, 0.25) is 0 Å². The number of halogens is 3. The van der Waals surface area contributed by atoms with E-state index in [4.69, 9.17) is 5.26 Å². The van der Waals surface area contributed by atoms with Gasteiger partial charge in [-0.15, -0.1) is 11.8 Å². The van der Waals surface area contributed by atoms with Crippen molar-refractivity contribution in [3.63, 3.8) is 0 Å². The number of hydrogen-bond acceptors (Lipinski definition) is 4. The van der Waals surface area contributed by atoms with Crippen LogP contribution in [0.3, 0.4) is 0 Å². The lowest BCUT2D eigenvalue weighted by molar-refractivity contribution is -0.137. The van der Waals surface area contributed by atoms with Crippen LogP contribution in [0.4, 0.5) is 13.2 Å². The average molecular weight is 502 g/mol. The van der Waals surface area contributed by atoms with Gasteiger partial charge < -0.3 is 0 Å². The molecule has 2 heterocycles. The molecular formula is C27H18F3N5S. The van der Waals surface area contributed by atoms with Gasteiger partial charge in [-0.3, -0.25) is 9.13 Å². The Bertz CT molecular complexity index is 1580. The first kappa shape index (κ1) is 23.5. The first-order valence-corrected chi connectivity index (χ1v) is 12.0. The highest BCUT2D eigenvalue weighted by Crippen LogP contribution is 2.38. The Labute approximate surface area is 209 Å². The second-order valence-corrected chi connectivity index (χ2v) is 8.77. The largest absolute Gasteiger partial charge is 0.417 e. The van der Waals surface area contributed by atoms with Gasteiger partial charge >= 0.3 is 6.18 Å². The molecule has 0 aliphatic heterocycles. The van der Waals surface area contributed by atoms with Crippen LogP contribution in [-0.2, 0) is 6.18 Å². The molecule has 3 aromatic carbocycles. The highest BCUT2D eigenvalue weighted by atomic mass is 32.2. The van der Waals surface area contributed by atoms with Crippen LogP contribution in [0.25, 0.3) is 34.0 Å². The molecule has 0 atom stereocenters. The van der Waals surface area contributed by atoms with Gasteiger partial charge in [0.1, 0.15) is 18.2 Å². The van der Waals surface area contributed by atoms with Crippen LogP contribution in [-0.4, -0.2) is 25.4 Å². The molecule has 0 N–H and O–H groups in total. The van der Waals surface area contributed by atoms with Gasteiger partial charge in [-0.2, -0.15) is 18.4 Å². The number of imidazole rings is 2. The Morgan fingerprint density at radius 2 is 1.69 bits per heavy atom. The second-order valence-electron chi connectivity index (χ2n) is 7.89. The molecule has 2 aromatic heterocycles. The molecule has 5 nitrogen and oxygen atoms in total. The summed E-state index contributed by atoms with van der Waals surface area (Å²) < 4.78 is 44.7. The Morgan fingerprint density at radius 3 is 2.39 bits per heavy atom. The minimum absolute atomic E-state index is 0.0476. The molecule has 0 saturated heterocycles. The molecule has 0 aliphatic rings. The number of benzene rings is 3. The van der Waals surface area contributed by atoms with Gasteiger partial charge in [-0.25, -0.2) is 9.97 Å². The van der Waals surface area contributed by atoms with Crippen LogP contribution in [0.1, 0.15) is 11.3 Å². The molecule has 9 heteroatoms.